The lowest BCUT2D eigenvalue weighted by Crippen LogP contribution is -2.34. The van der Waals surface area contributed by atoms with Crippen LogP contribution in [0.25, 0.3) is 10.1 Å². The Labute approximate surface area is 154 Å². The molecule has 26 heavy (non-hydrogen) atoms. The van der Waals surface area contributed by atoms with Crippen molar-refractivity contribution < 1.29 is 14.3 Å². The van der Waals surface area contributed by atoms with E-state index in [0.29, 0.717) is 11.3 Å². The van der Waals surface area contributed by atoms with Gasteiger partial charge in [-0.15, -0.1) is 11.3 Å². The molecule has 0 spiro atoms. The van der Waals surface area contributed by atoms with Gasteiger partial charge in [-0.25, -0.2) is 5.43 Å². The number of hydrogen-bond acceptors (Lipinski definition) is 5. The van der Waals surface area contributed by atoms with Crippen LogP contribution in [0.4, 0.5) is 0 Å². The van der Waals surface area contributed by atoms with Gasteiger partial charge in [0, 0.05) is 26.6 Å². The van der Waals surface area contributed by atoms with E-state index in [0.717, 1.165) is 15.6 Å². The minimum atomic E-state index is -0.400. The molecule has 0 aliphatic carbocycles. The monoisotopic (exact) mass is 367 g/mol. The molecule has 1 aromatic heterocycles. The van der Waals surface area contributed by atoms with Gasteiger partial charge < -0.3 is 10.1 Å². The van der Waals surface area contributed by atoms with Crippen LogP contribution in [-0.2, 0) is 4.79 Å². The molecule has 0 unspecified atom stereocenters. The summed E-state index contributed by atoms with van der Waals surface area (Å²) < 4.78 is 6.20. The molecule has 3 aromatic rings. The highest BCUT2D eigenvalue weighted by molar-refractivity contribution is 7.17. The standard InChI is InChI=1S/C19H17N3O3S/c1-25-15-8-6-13(7-9-15)19(24)20-11-18(23)22-21-10-14-12-26-17-5-3-2-4-16(14)17/h2-10,12H,11H2,1H3,(H,20,24)(H,22,23)/b21-10+. The fourth-order valence-corrected chi connectivity index (χ4v) is 3.23. The van der Waals surface area contributed by atoms with E-state index in [4.69, 9.17) is 4.74 Å². The van der Waals surface area contributed by atoms with Crippen molar-refractivity contribution in [2.45, 2.75) is 0 Å². The topological polar surface area (TPSA) is 79.8 Å². The number of ether oxygens (including phenoxy) is 1. The maximum atomic E-state index is 12.0. The molecule has 0 radical (unpaired) electrons. The molecule has 0 saturated heterocycles. The second kappa shape index (κ2) is 8.26. The number of benzene rings is 2. The summed E-state index contributed by atoms with van der Waals surface area (Å²) in [6, 6.07) is 14.6. The Bertz CT molecular complexity index is 948. The molecule has 1 heterocycles. The number of thiophene rings is 1. The van der Waals surface area contributed by atoms with Gasteiger partial charge in [0.05, 0.1) is 19.9 Å². The Morgan fingerprint density at radius 3 is 2.69 bits per heavy atom. The number of carbonyl (C=O) groups is 2. The lowest BCUT2D eigenvalue weighted by Gasteiger charge is -2.05. The Hall–Kier alpha value is -3.19. The third-order valence-corrected chi connectivity index (χ3v) is 4.65. The molecule has 0 atom stereocenters. The molecular weight excluding hydrogens is 350 g/mol. The third-order valence-electron chi connectivity index (χ3n) is 3.67. The zero-order chi connectivity index (χ0) is 18.4. The lowest BCUT2D eigenvalue weighted by molar-refractivity contribution is -0.120. The van der Waals surface area contributed by atoms with Crippen LogP contribution in [0.5, 0.6) is 5.75 Å². The van der Waals surface area contributed by atoms with Gasteiger partial charge in [0.25, 0.3) is 11.8 Å². The molecule has 0 aliphatic heterocycles. The van der Waals surface area contributed by atoms with Gasteiger partial charge in [-0.2, -0.15) is 5.10 Å². The first-order valence-electron chi connectivity index (χ1n) is 7.88. The predicted molar refractivity (Wildman–Crippen MR) is 103 cm³/mol. The smallest absolute Gasteiger partial charge is 0.259 e. The first-order valence-corrected chi connectivity index (χ1v) is 8.76. The fourth-order valence-electron chi connectivity index (χ4n) is 2.32. The van der Waals surface area contributed by atoms with Crippen LogP contribution >= 0.6 is 11.3 Å². The van der Waals surface area contributed by atoms with Crippen LogP contribution in [0.1, 0.15) is 15.9 Å². The number of fused-ring (bicyclic) bond motifs is 1. The maximum Gasteiger partial charge on any atom is 0.259 e. The Morgan fingerprint density at radius 2 is 1.92 bits per heavy atom. The summed E-state index contributed by atoms with van der Waals surface area (Å²) in [4.78, 5) is 23.8. The summed E-state index contributed by atoms with van der Waals surface area (Å²) in [5, 5.41) is 9.56. The molecule has 132 valence electrons. The molecule has 2 amide bonds. The van der Waals surface area contributed by atoms with Crippen molar-refractivity contribution in [2.24, 2.45) is 5.10 Å². The van der Waals surface area contributed by atoms with Gasteiger partial charge in [0.1, 0.15) is 5.75 Å². The minimum absolute atomic E-state index is 0.160. The summed E-state index contributed by atoms with van der Waals surface area (Å²) in [6.07, 6.45) is 1.60. The molecule has 3 rings (SSSR count). The van der Waals surface area contributed by atoms with E-state index in [-0.39, 0.29) is 12.5 Å². The first-order chi connectivity index (χ1) is 12.7. The van der Waals surface area contributed by atoms with Crippen molar-refractivity contribution in [3.63, 3.8) is 0 Å². The van der Waals surface area contributed by atoms with Crippen molar-refractivity contribution in [3.8, 4) is 5.75 Å². The van der Waals surface area contributed by atoms with Gasteiger partial charge in [0.2, 0.25) is 0 Å². The maximum absolute atomic E-state index is 12.0. The number of hydrogen-bond donors (Lipinski definition) is 2. The second-order valence-corrected chi connectivity index (χ2v) is 6.30. The molecular formula is C19H17N3O3S. The van der Waals surface area contributed by atoms with Crippen molar-refractivity contribution in [1.82, 2.24) is 10.7 Å². The van der Waals surface area contributed by atoms with Gasteiger partial charge in [-0.05, 0) is 30.3 Å². The largest absolute Gasteiger partial charge is 0.497 e. The Balaban J connectivity index is 1.50. The average molecular weight is 367 g/mol. The average Bonchev–Trinajstić information content (AvgIpc) is 3.09. The van der Waals surface area contributed by atoms with E-state index in [9.17, 15) is 9.59 Å². The van der Waals surface area contributed by atoms with E-state index in [1.807, 2.05) is 29.6 Å². The van der Waals surface area contributed by atoms with Gasteiger partial charge in [-0.1, -0.05) is 18.2 Å². The summed E-state index contributed by atoms with van der Waals surface area (Å²) in [5.41, 5.74) is 3.80. The van der Waals surface area contributed by atoms with Crippen molar-refractivity contribution in [3.05, 3.63) is 65.0 Å². The molecule has 7 heteroatoms. The zero-order valence-corrected chi connectivity index (χ0v) is 14.9. The van der Waals surface area contributed by atoms with E-state index in [1.165, 1.54) is 0 Å². The first kappa shape index (κ1) is 17.6. The third kappa shape index (κ3) is 4.25. The summed E-state index contributed by atoms with van der Waals surface area (Å²) >= 11 is 1.62. The second-order valence-electron chi connectivity index (χ2n) is 5.39. The van der Waals surface area contributed by atoms with Gasteiger partial charge in [0.15, 0.2) is 0 Å². The number of amides is 2. The SMILES string of the molecule is COc1ccc(C(=O)NCC(=O)N/N=C/c2csc3ccccc23)cc1. The number of nitrogens with zero attached hydrogens (tertiary/aromatic N) is 1. The van der Waals surface area contributed by atoms with Crippen molar-refractivity contribution >= 4 is 39.5 Å². The molecule has 0 bridgehead atoms. The quantitative estimate of drug-likeness (QED) is 0.519. The summed E-state index contributed by atoms with van der Waals surface area (Å²) in [6.45, 7) is -0.160. The Morgan fingerprint density at radius 1 is 1.15 bits per heavy atom. The van der Waals surface area contributed by atoms with E-state index in [2.05, 4.69) is 15.8 Å². The molecule has 2 N–H and O–H groups in total. The summed E-state index contributed by atoms with van der Waals surface area (Å²) in [7, 11) is 1.55. The lowest BCUT2D eigenvalue weighted by atomic mass is 10.2. The number of methoxy groups -OCH3 is 1. The van der Waals surface area contributed by atoms with E-state index < -0.39 is 5.91 Å². The number of hydrazone groups is 1. The molecule has 6 nitrogen and oxygen atoms in total. The van der Waals surface area contributed by atoms with Crippen molar-refractivity contribution in [1.29, 1.82) is 0 Å². The van der Waals surface area contributed by atoms with Crippen LogP contribution < -0.4 is 15.5 Å². The van der Waals surface area contributed by atoms with Crippen LogP contribution in [0, 0.1) is 0 Å². The highest BCUT2D eigenvalue weighted by Gasteiger charge is 2.08. The van der Waals surface area contributed by atoms with Gasteiger partial charge in [-0.3, -0.25) is 9.59 Å². The summed E-state index contributed by atoms with van der Waals surface area (Å²) in [5.74, 6) is -0.0761. The van der Waals surface area contributed by atoms with Crippen molar-refractivity contribution in [2.75, 3.05) is 13.7 Å². The van der Waals surface area contributed by atoms with Crippen LogP contribution in [0.15, 0.2) is 59.0 Å². The highest BCUT2D eigenvalue weighted by Crippen LogP contribution is 2.24. The molecule has 0 saturated carbocycles. The van der Waals surface area contributed by atoms with Crippen LogP contribution in [-0.4, -0.2) is 31.7 Å². The normalized spacial score (nSPS) is 10.8. The number of carbonyl (C=O) groups excluding carboxylic acids is 2. The minimum Gasteiger partial charge on any atom is -0.497 e. The van der Waals surface area contributed by atoms with Crippen LogP contribution in [0.3, 0.4) is 0 Å². The number of nitrogens with one attached hydrogen (secondary N) is 2. The number of rotatable bonds is 6. The Kier molecular flexibility index (Phi) is 5.60. The van der Waals surface area contributed by atoms with Crippen LogP contribution in [0.2, 0.25) is 0 Å². The van der Waals surface area contributed by atoms with Gasteiger partial charge >= 0.3 is 0 Å². The fraction of sp³-hybridized carbons (Fsp3) is 0.105. The highest BCUT2D eigenvalue weighted by atomic mass is 32.1. The predicted octanol–water partition coefficient (Wildman–Crippen LogP) is 2.79. The molecule has 0 aliphatic rings. The molecule has 2 aromatic carbocycles. The van der Waals surface area contributed by atoms with E-state index in [1.54, 1.807) is 48.9 Å². The zero-order valence-electron chi connectivity index (χ0n) is 14.1. The molecule has 0 fully saturated rings. The van der Waals surface area contributed by atoms with E-state index >= 15 is 0 Å².